The van der Waals surface area contributed by atoms with Crippen molar-refractivity contribution in [3.8, 4) is 0 Å². The van der Waals surface area contributed by atoms with Gasteiger partial charge in [-0.05, 0) is 44.9 Å². The second-order valence-electron chi connectivity index (χ2n) is 6.51. The minimum atomic E-state index is -0.560. The Kier molecular flexibility index (Phi) is 6.93. The quantitative estimate of drug-likeness (QED) is 0.394. The lowest BCUT2D eigenvalue weighted by Gasteiger charge is -2.11. The lowest BCUT2D eigenvalue weighted by atomic mass is 10.1. The van der Waals surface area contributed by atoms with E-state index in [1.54, 1.807) is 26.0 Å². The van der Waals surface area contributed by atoms with E-state index in [2.05, 4.69) is 17.2 Å². The van der Waals surface area contributed by atoms with Crippen LogP contribution in [0.3, 0.4) is 0 Å². The second-order valence-corrected chi connectivity index (χ2v) is 6.51. The van der Waals surface area contributed by atoms with Gasteiger partial charge in [0, 0.05) is 23.5 Å². The number of rotatable bonds is 9. The number of carbonyl (C=O) groups excluding carboxylic acids is 3. The van der Waals surface area contributed by atoms with Crippen molar-refractivity contribution in [2.45, 2.75) is 40.5 Å². The molecule has 0 atom stereocenters. The Hall–Kier alpha value is -2.89. The summed E-state index contributed by atoms with van der Waals surface area (Å²) in [5.74, 6) is -1.03. The van der Waals surface area contributed by atoms with Crippen LogP contribution in [0.1, 0.15) is 69.2 Å². The van der Waals surface area contributed by atoms with Crippen LogP contribution in [0.25, 0.3) is 0 Å². The van der Waals surface area contributed by atoms with Gasteiger partial charge in [-0.2, -0.15) is 0 Å². The van der Waals surface area contributed by atoms with Gasteiger partial charge < -0.3 is 15.0 Å². The summed E-state index contributed by atoms with van der Waals surface area (Å²) < 4.78 is 5.22. The Morgan fingerprint density at radius 3 is 2.48 bits per heavy atom. The molecule has 1 aromatic carbocycles. The number of ketones is 2. The minimum absolute atomic E-state index is 0.107. The predicted molar refractivity (Wildman–Crippen MR) is 105 cm³/mol. The molecule has 6 heteroatoms. The van der Waals surface area contributed by atoms with Gasteiger partial charge >= 0.3 is 5.97 Å². The Morgan fingerprint density at radius 1 is 1.15 bits per heavy atom. The van der Waals surface area contributed by atoms with Gasteiger partial charge in [-0.25, -0.2) is 4.79 Å². The highest BCUT2D eigenvalue weighted by Crippen LogP contribution is 2.20. The number of anilines is 1. The van der Waals surface area contributed by atoms with Crippen LogP contribution in [0, 0.1) is 13.8 Å². The van der Waals surface area contributed by atoms with Crippen LogP contribution in [0.5, 0.6) is 0 Å². The number of unbranched alkanes of at least 4 members (excludes halogenated alkanes) is 1. The number of para-hydroxylation sites is 1. The summed E-state index contributed by atoms with van der Waals surface area (Å²) in [6, 6.07) is 7.07. The summed E-state index contributed by atoms with van der Waals surface area (Å²) in [6.45, 7) is 7.37. The summed E-state index contributed by atoms with van der Waals surface area (Å²) in [6.07, 6.45) is 2.04. The van der Waals surface area contributed by atoms with Crippen molar-refractivity contribution >= 4 is 23.2 Å². The Balaban J connectivity index is 2.07. The van der Waals surface area contributed by atoms with E-state index in [0.717, 1.165) is 19.4 Å². The standard InChI is InChI=1S/C21H26N2O4/c1-5-6-11-22-17-10-8-7-9-16(17)21(26)27-12-18(25)20-13(2)19(15(4)24)14(3)23-20/h7-10,22-23H,5-6,11-12H2,1-4H3. The molecule has 0 aliphatic carbocycles. The molecule has 2 rings (SSSR count). The fourth-order valence-corrected chi connectivity index (χ4v) is 3.05. The molecular weight excluding hydrogens is 344 g/mol. The molecule has 1 aromatic heterocycles. The van der Waals surface area contributed by atoms with E-state index in [9.17, 15) is 14.4 Å². The summed E-state index contributed by atoms with van der Waals surface area (Å²) in [4.78, 5) is 39.5. The van der Waals surface area contributed by atoms with E-state index in [-0.39, 0.29) is 18.2 Å². The van der Waals surface area contributed by atoms with Crippen molar-refractivity contribution in [3.05, 3.63) is 52.3 Å². The third kappa shape index (κ3) is 4.84. The molecule has 0 radical (unpaired) electrons. The number of ether oxygens (including phenoxy) is 1. The van der Waals surface area contributed by atoms with Crippen molar-refractivity contribution in [1.29, 1.82) is 0 Å². The number of hydrogen-bond acceptors (Lipinski definition) is 5. The van der Waals surface area contributed by atoms with Crippen molar-refractivity contribution in [2.75, 3.05) is 18.5 Å². The second kappa shape index (κ2) is 9.16. The molecule has 144 valence electrons. The molecule has 1 heterocycles. The molecule has 2 N–H and O–H groups in total. The van der Waals surface area contributed by atoms with E-state index in [1.807, 2.05) is 12.1 Å². The van der Waals surface area contributed by atoms with Crippen LogP contribution >= 0.6 is 0 Å². The number of aromatic amines is 1. The third-order valence-corrected chi connectivity index (χ3v) is 4.40. The Labute approximate surface area is 159 Å². The predicted octanol–water partition coefficient (Wildman–Crippen LogP) is 4.09. The molecule has 0 unspecified atom stereocenters. The number of aromatic nitrogens is 1. The van der Waals surface area contributed by atoms with E-state index in [0.29, 0.717) is 33.8 Å². The average molecular weight is 370 g/mol. The Morgan fingerprint density at radius 2 is 1.85 bits per heavy atom. The number of hydrogen-bond donors (Lipinski definition) is 2. The smallest absolute Gasteiger partial charge is 0.340 e. The highest BCUT2D eigenvalue weighted by Gasteiger charge is 2.21. The molecule has 27 heavy (non-hydrogen) atoms. The normalized spacial score (nSPS) is 10.5. The molecule has 0 aliphatic heterocycles. The van der Waals surface area contributed by atoms with Gasteiger partial charge in [0.25, 0.3) is 0 Å². The fraction of sp³-hybridized carbons (Fsp3) is 0.381. The van der Waals surface area contributed by atoms with Gasteiger partial charge in [-0.1, -0.05) is 25.5 Å². The number of H-pyrrole nitrogens is 1. The van der Waals surface area contributed by atoms with Crippen LogP contribution in [0.2, 0.25) is 0 Å². The number of esters is 1. The molecule has 0 fully saturated rings. The number of carbonyl (C=O) groups is 3. The summed E-state index contributed by atoms with van der Waals surface area (Å²) >= 11 is 0. The summed E-state index contributed by atoms with van der Waals surface area (Å²) in [7, 11) is 0. The van der Waals surface area contributed by atoms with Crippen LogP contribution in [0.15, 0.2) is 24.3 Å². The molecule has 0 spiro atoms. The van der Waals surface area contributed by atoms with Crippen LogP contribution in [-0.2, 0) is 4.74 Å². The zero-order valence-corrected chi connectivity index (χ0v) is 16.3. The number of aryl methyl sites for hydroxylation is 1. The lowest BCUT2D eigenvalue weighted by molar-refractivity contribution is 0.0474. The molecular formula is C21H26N2O4. The monoisotopic (exact) mass is 370 g/mol. The highest BCUT2D eigenvalue weighted by atomic mass is 16.5. The molecule has 2 aromatic rings. The zero-order chi connectivity index (χ0) is 20.0. The molecule has 0 bridgehead atoms. The molecule has 0 amide bonds. The zero-order valence-electron chi connectivity index (χ0n) is 16.3. The van der Waals surface area contributed by atoms with Gasteiger partial charge in [0.1, 0.15) is 0 Å². The van der Waals surface area contributed by atoms with Crippen LogP contribution < -0.4 is 5.32 Å². The summed E-state index contributed by atoms with van der Waals surface area (Å²) in [5, 5.41) is 3.22. The average Bonchev–Trinajstić information content (AvgIpc) is 2.94. The number of benzene rings is 1. The minimum Gasteiger partial charge on any atom is -0.454 e. The number of nitrogens with one attached hydrogen (secondary N) is 2. The van der Waals surface area contributed by atoms with Gasteiger partial charge in [0.2, 0.25) is 5.78 Å². The van der Waals surface area contributed by atoms with Crippen molar-refractivity contribution in [1.82, 2.24) is 4.98 Å². The number of Topliss-reactive ketones (excluding diaryl/α,β-unsaturated/α-hetero) is 2. The molecule has 6 nitrogen and oxygen atoms in total. The van der Waals surface area contributed by atoms with E-state index < -0.39 is 5.97 Å². The third-order valence-electron chi connectivity index (χ3n) is 4.40. The summed E-state index contributed by atoms with van der Waals surface area (Å²) in [5.41, 5.74) is 3.12. The van der Waals surface area contributed by atoms with E-state index >= 15 is 0 Å². The molecule has 0 saturated carbocycles. The van der Waals surface area contributed by atoms with Crippen molar-refractivity contribution in [3.63, 3.8) is 0 Å². The van der Waals surface area contributed by atoms with Crippen molar-refractivity contribution < 1.29 is 19.1 Å². The van der Waals surface area contributed by atoms with E-state index in [4.69, 9.17) is 4.74 Å². The topological polar surface area (TPSA) is 88.3 Å². The lowest BCUT2D eigenvalue weighted by Crippen LogP contribution is -2.17. The first kappa shape index (κ1) is 20.4. The SMILES string of the molecule is CCCCNc1ccccc1C(=O)OCC(=O)c1[nH]c(C)c(C(C)=O)c1C. The first-order valence-electron chi connectivity index (χ1n) is 9.10. The van der Waals surface area contributed by atoms with Gasteiger partial charge in [-0.3, -0.25) is 9.59 Å². The van der Waals surface area contributed by atoms with Crippen molar-refractivity contribution in [2.24, 2.45) is 0 Å². The first-order chi connectivity index (χ1) is 12.9. The maximum Gasteiger partial charge on any atom is 0.340 e. The van der Waals surface area contributed by atoms with Gasteiger partial charge in [-0.15, -0.1) is 0 Å². The highest BCUT2D eigenvalue weighted by molar-refractivity contribution is 6.04. The van der Waals surface area contributed by atoms with Gasteiger partial charge in [0.05, 0.1) is 11.3 Å². The molecule has 0 aliphatic rings. The Bertz CT molecular complexity index is 852. The van der Waals surface area contributed by atoms with Gasteiger partial charge in [0.15, 0.2) is 12.4 Å². The first-order valence-corrected chi connectivity index (χ1v) is 9.10. The maximum atomic E-state index is 12.4. The molecule has 0 saturated heterocycles. The largest absolute Gasteiger partial charge is 0.454 e. The maximum absolute atomic E-state index is 12.4. The van der Waals surface area contributed by atoms with Crippen LogP contribution in [-0.4, -0.2) is 35.7 Å². The van der Waals surface area contributed by atoms with Crippen LogP contribution in [0.4, 0.5) is 5.69 Å². The van der Waals surface area contributed by atoms with E-state index in [1.165, 1.54) is 6.92 Å². The fourth-order valence-electron chi connectivity index (χ4n) is 3.05.